The van der Waals surface area contributed by atoms with Crippen LogP contribution < -0.4 is 4.74 Å². The molecule has 0 aliphatic carbocycles. The lowest BCUT2D eigenvalue weighted by molar-refractivity contribution is 0.0942. The number of rotatable bonds is 5. The molecule has 0 bridgehead atoms. The molecule has 3 nitrogen and oxygen atoms in total. The first kappa shape index (κ1) is 16.4. The summed E-state index contributed by atoms with van der Waals surface area (Å²) in [6, 6.07) is 18.7. The lowest BCUT2D eigenvalue weighted by Crippen LogP contribution is -2.38. The zero-order valence-corrected chi connectivity index (χ0v) is 14.2. The number of benzene rings is 2. The number of hydrogen-bond donors (Lipinski definition) is 1. The van der Waals surface area contributed by atoms with E-state index >= 15 is 0 Å². The normalized spacial score (nSPS) is 20.2. The molecule has 1 saturated heterocycles. The Morgan fingerprint density at radius 3 is 2.83 bits per heavy atom. The first-order valence-corrected chi connectivity index (χ1v) is 9.12. The van der Waals surface area contributed by atoms with E-state index in [4.69, 9.17) is 4.74 Å². The zero-order chi connectivity index (χ0) is 16.1. The third kappa shape index (κ3) is 4.08. The van der Waals surface area contributed by atoms with Crippen LogP contribution in [0.3, 0.4) is 0 Å². The lowest BCUT2D eigenvalue weighted by Gasteiger charge is -2.37. The molecule has 1 aliphatic rings. The molecule has 2 unspecified atom stereocenters. The maximum atomic E-state index is 10.7. The van der Waals surface area contributed by atoms with Gasteiger partial charge in [-0.25, -0.2) is 0 Å². The standard InChI is InChI=1S/C19H23NO2S/c1-22-17-9-5-8-16(12-17)19(21)13-20-10-11-23-14-18(20)15-6-3-2-4-7-15/h2-9,12,18-19,21H,10-11,13-14H2,1H3. The number of aliphatic hydroxyl groups is 1. The lowest BCUT2D eigenvalue weighted by atomic mass is 10.0. The van der Waals surface area contributed by atoms with Crippen molar-refractivity contribution in [2.24, 2.45) is 0 Å². The van der Waals surface area contributed by atoms with Crippen LogP contribution in [0, 0.1) is 0 Å². The molecular weight excluding hydrogens is 306 g/mol. The summed E-state index contributed by atoms with van der Waals surface area (Å²) in [5, 5.41) is 10.7. The highest BCUT2D eigenvalue weighted by Gasteiger charge is 2.26. The highest BCUT2D eigenvalue weighted by Crippen LogP contribution is 2.31. The number of ether oxygens (including phenoxy) is 1. The summed E-state index contributed by atoms with van der Waals surface area (Å²) in [4.78, 5) is 2.40. The summed E-state index contributed by atoms with van der Waals surface area (Å²) in [6.45, 7) is 1.65. The van der Waals surface area contributed by atoms with Crippen LogP contribution >= 0.6 is 11.8 Å². The molecule has 23 heavy (non-hydrogen) atoms. The van der Waals surface area contributed by atoms with Gasteiger partial charge in [0.1, 0.15) is 5.75 Å². The largest absolute Gasteiger partial charge is 0.497 e. The van der Waals surface area contributed by atoms with E-state index in [0.29, 0.717) is 12.6 Å². The van der Waals surface area contributed by atoms with Gasteiger partial charge in [0.15, 0.2) is 0 Å². The zero-order valence-electron chi connectivity index (χ0n) is 13.4. The minimum Gasteiger partial charge on any atom is -0.497 e. The van der Waals surface area contributed by atoms with Crippen LogP contribution in [0.25, 0.3) is 0 Å². The van der Waals surface area contributed by atoms with Gasteiger partial charge in [0.25, 0.3) is 0 Å². The molecule has 1 aliphatic heterocycles. The maximum absolute atomic E-state index is 10.7. The Morgan fingerprint density at radius 2 is 2.04 bits per heavy atom. The maximum Gasteiger partial charge on any atom is 0.119 e. The highest BCUT2D eigenvalue weighted by atomic mass is 32.2. The first-order valence-electron chi connectivity index (χ1n) is 7.96. The second-order valence-electron chi connectivity index (χ2n) is 5.79. The molecule has 3 rings (SSSR count). The monoisotopic (exact) mass is 329 g/mol. The predicted molar refractivity (Wildman–Crippen MR) is 96.0 cm³/mol. The fraction of sp³-hybridized carbons (Fsp3) is 0.368. The Balaban J connectivity index is 1.73. The van der Waals surface area contributed by atoms with Crippen LogP contribution in [0.5, 0.6) is 5.75 Å². The molecule has 0 amide bonds. The molecule has 0 saturated carbocycles. The van der Waals surface area contributed by atoms with Crippen molar-refractivity contribution < 1.29 is 9.84 Å². The number of aliphatic hydroxyl groups excluding tert-OH is 1. The molecular formula is C19H23NO2S. The van der Waals surface area contributed by atoms with Crippen LogP contribution in [0.2, 0.25) is 0 Å². The molecule has 1 heterocycles. The number of nitrogens with zero attached hydrogens (tertiary/aromatic N) is 1. The van der Waals surface area contributed by atoms with Crippen molar-refractivity contribution in [1.82, 2.24) is 4.90 Å². The summed E-state index contributed by atoms with van der Waals surface area (Å²) in [7, 11) is 1.65. The Morgan fingerprint density at radius 1 is 1.22 bits per heavy atom. The number of β-amino-alcohol motifs (C(OH)–C–C–N with tert-alkyl or cyclic N) is 1. The number of methoxy groups -OCH3 is 1. The van der Waals surface area contributed by atoms with Crippen molar-refractivity contribution >= 4 is 11.8 Å². The summed E-state index contributed by atoms with van der Waals surface area (Å²) in [5.74, 6) is 2.98. The third-order valence-corrected chi connectivity index (χ3v) is 5.33. The molecule has 1 fully saturated rings. The van der Waals surface area contributed by atoms with Crippen LogP contribution in [0.1, 0.15) is 23.3 Å². The smallest absolute Gasteiger partial charge is 0.119 e. The van der Waals surface area contributed by atoms with Crippen LogP contribution in [-0.2, 0) is 0 Å². The van der Waals surface area contributed by atoms with E-state index < -0.39 is 6.10 Å². The average molecular weight is 329 g/mol. The van der Waals surface area contributed by atoms with Crippen molar-refractivity contribution in [3.8, 4) is 5.75 Å². The van der Waals surface area contributed by atoms with Crippen LogP contribution in [0.15, 0.2) is 54.6 Å². The van der Waals surface area contributed by atoms with Gasteiger partial charge in [-0.15, -0.1) is 0 Å². The van der Waals surface area contributed by atoms with Gasteiger partial charge in [-0.2, -0.15) is 11.8 Å². The molecule has 0 radical (unpaired) electrons. The molecule has 2 aromatic rings. The molecule has 2 aromatic carbocycles. The molecule has 1 N–H and O–H groups in total. The average Bonchev–Trinajstić information content (AvgIpc) is 2.63. The molecule has 0 aromatic heterocycles. The van der Waals surface area contributed by atoms with Gasteiger partial charge in [-0.1, -0.05) is 42.5 Å². The minimum absolute atomic E-state index is 0.371. The van der Waals surface area contributed by atoms with Crippen molar-refractivity contribution in [2.75, 3.05) is 31.7 Å². The van der Waals surface area contributed by atoms with E-state index in [0.717, 1.165) is 29.4 Å². The van der Waals surface area contributed by atoms with Gasteiger partial charge in [0.2, 0.25) is 0 Å². The fourth-order valence-electron chi connectivity index (χ4n) is 3.02. The van der Waals surface area contributed by atoms with Crippen LogP contribution in [-0.4, -0.2) is 41.7 Å². The van der Waals surface area contributed by atoms with Gasteiger partial charge in [0.05, 0.1) is 13.2 Å². The molecule has 4 heteroatoms. The predicted octanol–water partition coefficient (Wildman–Crippen LogP) is 3.52. The second kappa shape index (κ2) is 7.86. The fourth-order valence-corrected chi connectivity index (χ4v) is 4.17. The second-order valence-corrected chi connectivity index (χ2v) is 6.94. The van der Waals surface area contributed by atoms with E-state index in [1.807, 2.05) is 36.0 Å². The summed E-state index contributed by atoms with van der Waals surface area (Å²) < 4.78 is 5.26. The van der Waals surface area contributed by atoms with E-state index in [-0.39, 0.29) is 0 Å². The summed E-state index contributed by atoms with van der Waals surface area (Å²) in [5.41, 5.74) is 2.24. The van der Waals surface area contributed by atoms with Crippen molar-refractivity contribution in [3.05, 3.63) is 65.7 Å². The SMILES string of the molecule is COc1cccc(C(O)CN2CCSCC2c2ccccc2)c1. The molecule has 2 atom stereocenters. The molecule has 0 spiro atoms. The topological polar surface area (TPSA) is 32.7 Å². The number of thioether (sulfide) groups is 1. The van der Waals surface area contributed by atoms with Gasteiger partial charge in [-0.3, -0.25) is 4.90 Å². The molecule has 122 valence electrons. The Hall–Kier alpha value is -1.49. The van der Waals surface area contributed by atoms with E-state index in [2.05, 4.69) is 35.2 Å². The van der Waals surface area contributed by atoms with E-state index in [9.17, 15) is 5.11 Å². The Labute approximate surface area is 142 Å². The first-order chi connectivity index (χ1) is 11.3. The van der Waals surface area contributed by atoms with Gasteiger partial charge in [0, 0.05) is 30.6 Å². The van der Waals surface area contributed by atoms with E-state index in [1.54, 1.807) is 7.11 Å². The minimum atomic E-state index is -0.501. The highest BCUT2D eigenvalue weighted by molar-refractivity contribution is 7.99. The van der Waals surface area contributed by atoms with Crippen molar-refractivity contribution in [3.63, 3.8) is 0 Å². The summed E-state index contributed by atoms with van der Waals surface area (Å²) >= 11 is 1.99. The van der Waals surface area contributed by atoms with Crippen LogP contribution in [0.4, 0.5) is 0 Å². The van der Waals surface area contributed by atoms with Gasteiger partial charge >= 0.3 is 0 Å². The Bertz CT molecular complexity index is 620. The number of hydrogen-bond acceptors (Lipinski definition) is 4. The summed E-state index contributed by atoms with van der Waals surface area (Å²) in [6.07, 6.45) is -0.501. The van der Waals surface area contributed by atoms with Gasteiger partial charge in [-0.05, 0) is 23.3 Å². The van der Waals surface area contributed by atoms with Crippen molar-refractivity contribution in [1.29, 1.82) is 0 Å². The van der Waals surface area contributed by atoms with Gasteiger partial charge < -0.3 is 9.84 Å². The van der Waals surface area contributed by atoms with E-state index in [1.165, 1.54) is 5.56 Å². The Kier molecular flexibility index (Phi) is 5.60. The van der Waals surface area contributed by atoms with Crippen molar-refractivity contribution in [2.45, 2.75) is 12.1 Å². The quantitative estimate of drug-likeness (QED) is 0.910. The third-order valence-electron chi connectivity index (χ3n) is 4.31.